The zero-order chi connectivity index (χ0) is 53.7. The lowest BCUT2D eigenvalue weighted by Crippen LogP contribution is -2.24. The maximum Gasteiger partial charge on any atom is 0.144 e. The Kier molecular flexibility index (Phi) is 8.94. The maximum absolute atomic E-state index is 7.14. The van der Waals surface area contributed by atoms with E-state index in [0.29, 0.717) is 0 Å². The molecule has 0 amide bonds. The van der Waals surface area contributed by atoms with E-state index in [2.05, 4.69) is 270 Å². The first-order valence-corrected chi connectivity index (χ1v) is 28.3. The third-order valence-electron chi connectivity index (χ3n) is 19.0. The van der Waals surface area contributed by atoms with E-state index in [1.54, 1.807) is 0 Å². The van der Waals surface area contributed by atoms with Crippen LogP contribution in [0.4, 0.5) is 17.1 Å². The Morgan fingerprint density at radius 2 is 0.900 bits per heavy atom. The van der Waals surface area contributed by atoms with Crippen molar-refractivity contribution < 1.29 is 8.83 Å². The fourth-order valence-electron chi connectivity index (χ4n) is 15.4. The summed E-state index contributed by atoms with van der Waals surface area (Å²) in [5, 5.41) is 7.13. The van der Waals surface area contributed by atoms with Crippen molar-refractivity contribution in [2.75, 3.05) is 4.90 Å². The van der Waals surface area contributed by atoms with Crippen LogP contribution in [-0.2, 0) is 16.2 Å². The summed E-state index contributed by atoms with van der Waals surface area (Å²) in [7, 11) is 0. The molecule has 3 heterocycles. The van der Waals surface area contributed by atoms with E-state index in [1.807, 2.05) is 0 Å². The third kappa shape index (κ3) is 5.75. The van der Waals surface area contributed by atoms with Crippen molar-refractivity contribution in [3.63, 3.8) is 0 Å². The minimum Gasteiger partial charge on any atom is -0.455 e. The lowest BCUT2D eigenvalue weighted by molar-refractivity contribution is 0.600. The number of hydrogen-bond acceptors (Lipinski definition) is 3. The van der Waals surface area contributed by atoms with Crippen LogP contribution in [0.2, 0.25) is 0 Å². The van der Waals surface area contributed by atoms with Crippen LogP contribution >= 0.6 is 0 Å². The SMILES string of the molecule is Cc1ccccc1N(c1ccc2c(c1)C(C)(C)c1cc(-c3cccc4c3c3ccccc3n4-c3ccccc3)c3oc4ccccc4c3c1-2)c1ccc2c(c1)C(C)(C)c1c3c(c4oc5ccccc5c4c1-2)-c1ccccc1C3(C)C. The largest absolute Gasteiger partial charge is 0.455 e. The minimum absolute atomic E-state index is 0.238. The summed E-state index contributed by atoms with van der Waals surface area (Å²) in [4.78, 5) is 2.51. The van der Waals surface area contributed by atoms with E-state index in [1.165, 1.54) is 116 Å². The van der Waals surface area contributed by atoms with Crippen LogP contribution in [0.15, 0.2) is 221 Å². The second kappa shape index (κ2) is 15.7. The lowest BCUT2D eigenvalue weighted by atomic mass is 9.72. The van der Waals surface area contributed by atoms with Crippen molar-refractivity contribution in [3.05, 3.63) is 251 Å². The van der Waals surface area contributed by atoms with Crippen LogP contribution in [-0.4, -0.2) is 4.57 Å². The van der Waals surface area contributed by atoms with Crippen LogP contribution < -0.4 is 4.90 Å². The monoisotopic (exact) mass is 1030 g/mol. The molecule has 382 valence electrons. The Bertz CT molecular complexity index is 5050. The molecule has 4 nitrogen and oxygen atoms in total. The zero-order valence-corrected chi connectivity index (χ0v) is 45.9. The normalized spacial score (nSPS) is 15.0. The molecule has 14 aromatic rings. The van der Waals surface area contributed by atoms with Gasteiger partial charge in [0, 0.05) is 82.4 Å². The Morgan fingerprint density at radius 3 is 1.64 bits per heavy atom. The minimum atomic E-state index is -0.379. The lowest BCUT2D eigenvalue weighted by Gasteiger charge is -2.32. The number of aryl methyl sites for hydroxylation is 1. The molecule has 3 aliphatic carbocycles. The van der Waals surface area contributed by atoms with Gasteiger partial charge in [-0.1, -0.05) is 181 Å². The number of furan rings is 2. The van der Waals surface area contributed by atoms with Gasteiger partial charge in [-0.25, -0.2) is 0 Å². The van der Waals surface area contributed by atoms with E-state index in [0.717, 1.165) is 56.0 Å². The predicted molar refractivity (Wildman–Crippen MR) is 333 cm³/mol. The standard InChI is InChI=1S/C76H56N2O2/c1-43-22-11-17-31-59(43)77(46-37-39-50-57(41-46)76(6,7)70-66(50)68-53-28-15-20-35-63(53)80-73(68)69-48-25-12-16-30-55(48)75(4,5)71(69)70)45-36-38-49-56(40-45)74(2,3)58-42-54(72-67(65(49)58)52-27-14-19-34-62(52)79-72)47-29-21-33-61-64(47)51-26-13-18-32-60(51)78(61)44-23-9-8-10-24-44/h8-42H,1-7H3. The van der Waals surface area contributed by atoms with Crippen LogP contribution in [0.5, 0.6) is 0 Å². The summed E-state index contributed by atoms with van der Waals surface area (Å²) in [6.07, 6.45) is 0. The highest BCUT2D eigenvalue weighted by molar-refractivity contribution is 6.24. The number of rotatable bonds is 5. The Hall–Kier alpha value is -9.38. The molecule has 3 aliphatic rings. The van der Waals surface area contributed by atoms with Gasteiger partial charge in [0.15, 0.2) is 0 Å². The van der Waals surface area contributed by atoms with E-state index in [4.69, 9.17) is 8.83 Å². The summed E-state index contributed by atoms with van der Waals surface area (Å²) >= 11 is 0. The molecule has 0 radical (unpaired) electrons. The molecule has 11 aromatic carbocycles. The van der Waals surface area contributed by atoms with Crippen LogP contribution in [0.1, 0.15) is 80.5 Å². The molecule has 4 heteroatoms. The highest BCUT2D eigenvalue weighted by Gasteiger charge is 2.49. The van der Waals surface area contributed by atoms with Gasteiger partial charge in [-0.15, -0.1) is 0 Å². The Labute approximate surface area is 464 Å². The number of fused-ring (bicyclic) bond motifs is 22. The number of benzene rings is 11. The van der Waals surface area contributed by atoms with Crippen molar-refractivity contribution in [1.82, 2.24) is 4.57 Å². The van der Waals surface area contributed by atoms with Crippen LogP contribution in [0.25, 0.3) is 116 Å². The highest BCUT2D eigenvalue weighted by atomic mass is 16.3. The fourth-order valence-corrected chi connectivity index (χ4v) is 15.4. The van der Waals surface area contributed by atoms with Gasteiger partial charge < -0.3 is 18.3 Å². The predicted octanol–water partition coefficient (Wildman–Crippen LogP) is 20.9. The van der Waals surface area contributed by atoms with Gasteiger partial charge in [-0.2, -0.15) is 0 Å². The van der Waals surface area contributed by atoms with Gasteiger partial charge in [0.1, 0.15) is 22.3 Å². The average molecular weight is 1030 g/mol. The number of anilines is 3. The quantitative estimate of drug-likeness (QED) is 0.172. The highest BCUT2D eigenvalue weighted by Crippen LogP contribution is 2.64. The van der Waals surface area contributed by atoms with E-state index >= 15 is 0 Å². The fraction of sp³-hybridized carbons (Fsp3) is 0.132. The molecule has 3 aromatic heterocycles. The molecule has 0 unspecified atom stereocenters. The first-order chi connectivity index (χ1) is 38.9. The molecule has 0 atom stereocenters. The molecule has 0 saturated carbocycles. The summed E-state index contributed by atoms with van der Waals surface area (Å²) in [6.45, 7) is 16.8. The van der Waals surface area contributed by atoms with Gasteiger partial charge in [-0.3, -0.25) is 0 Å². The number of nitrogens with zero attached hydrogens (tertiary/aromatic N) is 2. The molecular weight excluding hydrogens is 973 g/mol. The molecule has 80 heavy (non-hydrogen) atoms. The second-order valence-electron chi connectivity index (χ2n) is 24.3. The number of hydrogen-bond donors (Lipinski definition) is 0. The second-order valence-corrected chi connectivity index (χ2v) is 24.3. The molecule has 0 bridgehead atoms. The molecule has 0 aliphatic heterocycles. The third-order valence-corrected chi connectivity index (χ3v) is 19.0. The molecule has 0 saturated heterocycles. The van der Waals surface area contributed by atoms with Crippen molar-refractivity contribution in [1.29, 1.82) is 0 Å². The van der Waals surface area contributed by atoms with Gasteiger partial charge in [0.2, 0.25) is 0 Å². The molecule has 0 N–H and O–H groups in total. The maximum atomic E-state index is 7.14. The topological polar surface area (TPSA) is 34.5 Å². The van der Waals surface area contributed by atoms with Gasteiger partial charge in [0.05, 0.1) is 11.0 Å². The van der Waals surface area contributed by atoms with Crippen molar-refractivity contribution in [2.24, 2.45) is 0 Å². The summed E-state index contributed by atoms with van der Waals surface area (Å²) in [5.41, 5.74) is 28.9. The number of para-hydroxylation sites is 5. The van der Waals surface area contributed by atoms with Crippen molar-refractivity contribution in [2.45, 2.75) is 64.7 Å². The van der Waals surface area contributed by atoms with Crippen LogP contribution in [0, 0.1) is 6.92 Å². The first-order valence-electron chi connectivity index (χ1n) is 28.3. The van der Waals surface area contributed by atoms with Crippen molar-refractivity contribution >= 4 is 82.7 Å². The van der Waals surface area contributed by atoms with E-state index in [-0.39, 0.29) is 16.2 Å². The van der Waals surface area contributed by atoms with Gasteiger partial charge in [0.25, 0.3) is 0 Å². The Balaban J connectivity index is 0.871. The smallest absolute Gasteiger partial charge is 0.144 e. The van der Waals surface area contributed by atoms with Gasteiger partial charge >= 0.3 is 0 Å². The molecule has 0 spiro atoms. The molecule has 0 fully saturated rings. The summed E-state index contributed by atoms with van der Waals surface area (Å²) in [5.74, 6) is 0. The Morgan fingerprint density at radius 1 is 0.362 bits per heavy atom. The van der Waals surface area contributed by atoms with Crippen LogP contribution in [0.3, 0.4) is 0 Å². The van der Waals surface area contributed by atoms with E-state index in [9.17, 15) is 0 Å². The van der Waals surface area contributed by atoms with E-state index < -0.39 is 0 Å². The summed E-state index contributed by atoms with van der Waals surface area (Å²) in [6, 6.07) is 78.5. The van der Waals surface area contributed by atoms with Gasteiger partial charge in [-0.05, 0) is 152 Å². The molecule has 17 rings (SSSR count). The first kappa shape index (κ1) is 45.6. The van der Waals surface area contributed by atoms with Crippen molar-refractivity contribution in [3.8, 4) is 50.2 Å². The summed E-state index contributed by atoms with van der Waals surface area (Å²) < 4.78 is 16.6. The molecular formula is C76H56N2O2. The average Bonchev–Trinajstić information content (AvgIpc) is 4.49. The zero-order valence-electron chi connectivity index (χ0n) is 45.9. The number of aromatic nitrogens is 1.